The molecule has 2 rings (SSSR count). The highest BCUT2D eigenvalue weighted by atomic mass is 32.1. The van der Waals surface area contributed by atoms with E-state index in [4.69, 9.17) is 4.74 Å². The Labute approximate surface area is 128 Å². The zero-order valence-electron chi connectivity index (χ0n) is 12.5. The summed E-state index contributed by atoms with van der Waals surface area (Å²) < 4.78 is 6.56. The Balaban J connectivity index is 1.89. The van der Waals surface area contributed by atoms with Gasteiger partial charge < -0.3 is 20.3 Å². The van der Waals surface area contributed by atoms with Gasteiger partial charge in [-0.25, -0.2) is 9.78 Å². The summed E-state index contributed by atoms with van der Waals surface area (Å²) in [5.41, 5.74) is 0.947. The number of hydrogen-bond donors (Lipinski definition) is 2. The molecule has 1 aromatic carbocycles. The average molecular weight is 308 g/mol. The number of hydrogen-bond acceptors (Lipinski definition) is 5. The van der Waals surface area contributed by atoms with Crippen LogP contribution >= 0.6 is 11.3 Å². The number of urea groups is 1. The van der Waals surface area contributed by atoms with Crippen LogP contribution in [0.25, 0.3) is 10.2 Å². The Morgan fingerprint density at radius 3 is 2.90 bits per heavy atom. The van der Waals surface area contributed by atoms with Crippen LogP contribution in [0, 0.1) is 0 Å². The second-order valence-electron chi connectivity index (χ2n) is 4.63. The normalized spacial score (nSPS) is 10.4. The summed E-state index contributed by atoms with van der Waals surface area (Å²) in [6.07, 6.45) is 0. The van der Waals surface area contributed by atoms with Crippen molar-refractivity contribution in [3.8, 4) is 5.75 Å². The molecule has 0 unspecified atom stereocenters. The van der Waals surface area contributed by atoms with E-state index >= 15 is 0 Å². The number of carbonyl (C=O) groups excluding carboxylic acids is 1. The molecule has 0 aliphatic rings. The highest BCUT2D eigenvalue weighted by Gasteiger charge is 2.05. The third-order valence-electron chi connectivity index (χ3n) is 2.75. The monoisotopic (exact) mass is 308 g/mol. The molecule has 21 heavy (non-hydrogen) atoms. The van der Waals surface area contributed by atoms with E-state index < -0.39 is 0 Å². The molecule has 6 nitrogen and oxygen atoms in total. The maximum atomic E-state index is 11.4. The van der Waals surface area contributed by atoms with Crippen molar-refractivity contribution >= 4 is 32.7 Å². The topological polar surface area (TPSA) is 66.5 Å². The van der Waals surface area contributed by atoms with Gasteiger partial charge in [0.05, 0.1) is 16.8 Å². The molecule has 7 heteroatoms. The first-order valence-corrected chi connectivity index (χ1v) is 7.64. The molecule has 0 radical (unpaired) electrons. The standard InChI is InChI=1S/C14H20N4O2S/c1-4-20-10-5-6-11-12(9-10)21-13(17-11)15-7-8-16-14(19)18(2)3/h5-6,9H,4,7-8H2,1-3H3,(H,15,17)(H,16,19). The third kappa shape index (κ3) is 4.22. The van der Waals surface area contributed by atoms with E-state index in [0.29, 0.717) is 19.7 Å². The lowest BCUT2D eigenvalue weighted by molar-refractivity contribution is 0.218. The fraction of sp³-hybridized carbons (Fsp3) is 0.429. The Morgan fingerprint density at radius 1 is 1.38 bits per heavy atom. The molecule has 0 bridgehead atoms. The van der Waals surface area contributed by atoms with Gasteiger partial charge in [-0.1, -0.05) is 11.3 Å². The summed E-state index contributed by atoms with van der Waals surface area (Å²) in [6, 6.07) is 5.78. The van der Waals surface area contributed by atoms with Crippen LogP contribution in [0.2, 0.25) is 0 Å². The fourth-order valence-corrected chi connectivity index (χ4v) is 2.65. The summed E-state index contributed by atoms with van der Waals surface area (Å²) in [7, 11) is 3.43. The van der Waals surface area contributed by atoms with E-state index in [1.807, 2.05) is 25.1 Å². The van der Waals surface area contributed by atoms with E-state index in [2.05, 4.69) is 15.6 Å². The van der Waals surface area contributed by atoms with Crippen LogP contribution in [-0.2, 0) is 0 Å². The van der Waals surface area contributed by atoms with Crippen LogP contribution < -0.4 is 15.4 Å². The first-order valence-electron chi connectivity index (χ1n) is 6.82. The van der Waals surface area contributed by atoms with Crippen molar-refractivity contribution in [1.82, 2.24) is 15.2 Å². The van der Waals surface area contributed by atoms with Gasteiger partial charge >= 0.3 is 6.03 Å². The third-order valence-corrected chi connectivity index (χ3v) is 3.73. The van der Waals surface area contributed by atoms with Gasteiger partial charge in [-0.15, -0.1) is 0 Å². The maximum absolute atomic E-state index is 11.4. The molecule has 1 aromatic heterocycles. The summed E-state index contributed by atoms with van der Waals surface area (Å²) in [4.78, 5) is 17.4. The van der Waals surface area contributed by atoms with Crippen molar-refractivity contribution in [2.24, 2.45) is 0 Å². The minimum Gasteiger partial charge on any atom is -0.494 e. The molecule has 0 aliphatic carbocycles. The van der Waals surface area contributed by atoms with Crippen LogP contribution in [-0.4, -0.2) is 49.7 Å². The lowest BCUT2D eigenvalue weighted by atomic mass is 10.3. The number of nitrogens with one attached hydrogen (secondary N) is 2. The van der Waals surface area contributed by atoms with Gasteiger partial charge in [-0.2, -0.15) is 0 Å². The molecule has 0 aliphatic heterocycles. The zero-order chi connectivity index (χ0) is 15.2. The predicted molar refractivity (Wildman–Crippen MR) is 86.4 cm³/mol. The van der Waals surface area contributed by atoms with Crippen LogP contribution in [0.15, 0.2) is 18.2 Å². The van der Waals surface area contributed by atoms with Gasteiger partial charge in [0.1, 0.15) is 5.75 Å². The number of rotatable bonds is 6. The lowest BCUT2D eigenvalue weighted by Gasteiger charge is -2.11. The molecule has 0 spiro atoms. The van der Waals surface area contributed by atoms with Gasteiger partial charge in [0.2, 0.25) is 0 Å². The number of aromatic nitrogens is 1. The van der Waals surface area contributed by atoms with Crippen molar-refractivity contribution in [2.75, 3.05) is 39.1 Å². The number of benzene rings is 1. The molecule has 0 saturated carbocycles. The average Bonchev–Trinajstić information content (AvgIpc) is 2.85. The number of carbonyl (C=O) groups is 1. The molecule has 0 atom stereocenters. The summed E-state index contributed by atoms with van der Waals surface area (Å²) >= 11 is 1.58. The molecular weight excluding hydrogens is 288 g/mol. The van der Waals surface area contributed by atoms with Crippen molar-refractivity contribution in [3.63, 3.8) is 0 Å². The molecule has 114 valence electrons. The first kappa shape index (κ1) is 15.4. The van der Waals surface area contributed by atoms with E-state index in [-0.39, 0.29) is 6.03 Å². The van der Waals surface area contributed by atoms with Gasteiger partial charge in [0.25, 0.3) is 0 Å². The molecule has 2 amide bonds. The van der Waals surface area contributed by atoms with Crippen molar-refractivity contribution in [3.05, 3.63) is 18.2 Å². The number of anilines is 1. The molecule has 2 aromatic rings. The van der Waals surface area contributed by atoms with Gasteiger partial charge in [-0.05, 0) is 25.1 Å². The lowest BCUT2D eigenvalue weighted by Crippen LogP contribution is -2.37. The van der Waals surface area contributed by atoms with E-state index in [1.165, 1.54) is 4.90 Å². The molecule has 0 fully saturated rings. The zero-order valence-corrected chi connectivity index (χ0v) is 13.3. The first-order chi connectivity index (χ1) is 10.1. The number of fused-ring (bicyclic) bond motifs is 1. The Morgan fingerprint density at radius 2 is 2.19 bits per heavy atom. The van der Waals surface area contributed by atoms with Crippen LogP contribution in [0.4, 0.5) is 9.93 Å². The van der Waals surface area contributed by atoms with E-state index in [0.717, 1.165) is 21.1 Å². The second-order valence-corrected chi connectivity index (χ2v) is 5.67. The number of thiazole rings is 1. The highest BCUT2D eigenvalue weighted by Crippen LogP contribution is 2.29. The number of nitrogens with zero attached hydrogens (tertiary/aromatic N) is 2. The van der Waals surface area contributed by atoms with E-state index in [1.54, 1.807) is 25.4 Å². The minimum absolute atomic E-state index is 0.0949. The fourth-order valence-electron chi connectivity index (χ4n) is 1.73. The molecular formula is C14H20N4O2S. The summed E-state index contributed by atoms with van der Waals surface area (Å²) in [5.74, 6) is 0.860. The minimum atomic E-state index is -0.0949. The van der Waals surface area contributed by atoms with Crippen LogP contribution in [0.1, 0.15) is 6.92 Å². The van der Waals surface area contributed by atoms with Gasteiger partial charge in [0.15, 0.2) is 5.13 Å². The number of amides is 2. The van der Waals surface area contributed by atoms with E-state index in [9.17, 15) is 4.79 Å². The maximum Gasteiger partial charge on any atom is 0.316 e. The van der Waals surface area contributed by atoms with Crippen LogP contribution in [0.5, 0.6) is 5.75 Å². The number of ether oxygens (including phenoxy) is 1. The second kappa shape index (κ2) is 7.12. The Bertz CT molecular complexity index is 612. The Hall–Kier alpha value is -2.02. The van der Waals surface area contributed by atoms with Crippen molar-refractivity contribution in [2.45, 2.75) is 6.92 Å². The van der Waals surface area contributed by atoms with Crippen molar-refractivity contribution in [1.29, 1.82) is 0 Å². The SMILES string of the molecule is CCOc1ccc2nc(NCCNC(=O)N(C)C)sc2c1. The highest BCUT2D eigenvalue weighted by molar-refractivity contribution is 7.22. The summed E-state index contributed by atoms with van der Waals surface area (Å²) in [5, 5.41) is 6.85. The largest absolute Gasteiger partial charge is 0.494 e. The molecule has 2 N–H and O–H groups in total. The predicted octanol–water partition coefficient (Wildman–Crippen LogP) is 2.38. The smallest absolute Gasteiger partial charge is 0.316 e. The molecule has 1 heterocycles. The van der Waals surface area contributed by atoms with Gasteiger partial charge in [0, 0.05) is 27.2 Å². The van der Waals surface area contributed by atoms with Gasteiger partial charge in [-0.3, -0.25) is 0 Å². The van der Waals surface area contributed by atoms with Crippen molar-refractivity contribution < 1.29 is 9.53 Å². The Kier molecular flexibility index (Phi) is 5.21. The van der Waals surface area contributed by atoms with Crippen LogP contribution in [0.3, 0.4) is 0 Å². The quantitative estimate of drug-likeness (QED) is 0.804. The summed E-state index contributed by atoms with van der Waals surface area (Å²) in [6.45, 7) is 3.81. The molecule has 0 saturated heterocycles.